The van der Waals surface area contributed by atoms with E-state index in [1.807, 2.05) is 0 Å². The number of likely N-dealkylation sites (tertiary alicyclic amines) is 1. The van der Waals surface area contributed by atoms with Crippen molar-refractivity contribution in [3.05, 3.63) is 44.2 Å². The number of ether oxygens (including phenoxy) is 1. The Balaban J connectivity index is 1.91. The normalized spacial score (nSPS) is 16.7. The zero-order valence-corrected chi connectivity index (χ0v) is 13.8. The number of amides is 1. The SMILES string of the molecule is COc1c(Nc2cccc(C(=O)N3CCCC3C(=O)O)c2O)c(=O)c1=O. The summed E-state index contributed by atoms with van der Waals surface area (Å²) in [5.74, 6) is -2.31. The van der Waals surface area contributed by atoms with E-state index in [2.05, 4.69) is 5.32 Å². The summed E-state index contributed by atoms with van der Waals surface area (Å²) in [6, 6.07) is 3.31. The quantitative estimate of drug-likeness (QED) is 0.516. The van der Waals surface area contributed by atoms with Crippen molar-refractivity contribution in [1.29, 1.82) is 0 Å². The maximum Gasteiger partial charge on any atom is 0.326 e. The Kier molecular flexibility index (Phi) is 4.37. The Hall–Kier alpha value is -3.36. The van der Waals surface area contributed by atoms with Crippen LogP contribution in [0.3, 0.4) is 0 Å². The third-order valence-corrected chi connectivity index (χ3v) is 4.40. The summed E-state index contributed by atoms with van der Waals surface area (Å²) < 4.78 is 4.82. The molecule has 9 nitrogen and oxygen atoms in total. The first-order valence-electron chi connectivity index (χ1n) is 7.87. The highest BCUT2D eigenvalue weighted by Gasteiger charge is 2.35. The Labute approximate surface area is 147 Å². The van der Waals surface area contributed by atoms with Gasteiger partial charge in [-0.05, 0) is 25.0 Å². The van der Waals surface area contributed by atoms with Crippen molar-refractivity contribution in [2.24, 2.45) is 0 Å². The summed E-state index contributed by atoms with van der Waals surface area (Å²) >= 11 is 0. The van der Waals surface area contributed by atoms with Crippen LogP contribution in [-0.4, -0.2) is 46.7 Å². The largest absolute Gasteiger partial charge is 0.505 e. The van der Waals surface area contributed by atoms with Crippen LogP contribution in [0.2, 0.25) is 0 Å². The van der Waals surface area contributed by atoms with Crippen molar-refractivity contribution in [2.45, 2.75) is 18.9 Å². The molecule has 0 aromatic heterocycles. The molecule has 0 radical (unpaired) electrons. The molecular formula is C17H16N2O7. The number of para-hydroxylation sites is 1. The molecule has 1 aliphatic rings. The van der Waals surface area contributed by atoms with Crippen LogP contribution in [-0.2, 0) is 4.79 Å². The molecule has 1 atom stereocenters. The second kappa shape index (κ2) is 6.51. The van der Waals surface area contributed by atoms with Gasteiger partial charge in [-0.15, -0.1) is 0 Å². The zero-order chi connectivity index (χ0) is 19.0. The highest BCUT2D eigenvalue weighted by molar-refractivity contribution is 6.01. The van der Waals surface area contributed by atoms with Gasteiger partial charge >= 0.3 is 5.97 Å². The van der Waals surface area contributed by atoms with Gasteiger partial charge in [0, 0.05) is 6.54 Å². The molecule has 1 amide bonds. The molecule has 0 aliphatic carbocycles. The summed E-state index contributed by atoms with van der Waals surface area (Å²) in [5.41, 5.74) is -1.73. The second-order valence-corrected chi connectivity index (χ2v) is 5.89. The lowest BCUT2D eigenvalue weighted by Gasteiger charge is -2.22. The highest BCUT2D eigenvalue weighted by atomic mass is 16.5. The van der Waals surface area contributed by atoms with Crippen LogP contribution in [0.1, 0.15) is 23.2 Å². The number of phenolic OH excluding ortho intramolecular Hbond substituents is 1. The molecule has 9 heteroatoms. The maximum absolute atomic E-state index is 12.7. The molecule has 0 bridgehead atoms. The minimum absolute atomic E-state index is 0.0346. The number of carboxylic acid groups (broad SMARTS) is 1. The van der Waals surface area contributed by atoms with Gasteiger partial charge in [0.1, 0.15) is 11.7 Å². The van der Waals surface area contributed by atoms with Crippen molar-refractivity contribution in [3.8, 4) is 11.5 Å². The molecule has 0 spiro atoms. The number of carboxylic acids is 1. The number of benzene rings is 1. The van der Waals surface area contributed by atoms with E-state index in [4.69, 9.17) is 4.74 Å². The topological polar surface area (TPSA) is 133 Å². The summed E-state index contributed by atoms with van der Waals surface area (Å²) in [5, 5.41) is 22.2. The average molecular weight is 360 g/mol. The minimum Gasteiger partial charge on any atom is -0.505 e. The lowest BCUT2D eigenvalue weighted by atomic mass is 10.1. The van der Waals surface area contributed by atoms with Gasteiger partial charge in [0.2, 0.25) is 0 Å². The molecule has 3 N–H and O–H groups in total. The van der Waals surface area contributed by atoms with Gasteiger partial charge in [0.05, 0.1) is 18.4 Å². The number of methoxy groups -OCH3 is 1. The smallest absolute Gasteiger partial charge is 0.326 e. The van der Waals surface area contributed by atoms with Crippen molar-refractivity contribution in [3.63, 3.8) is 0 Å². The first-order valence-corrected chi connectivity index (χ1v) is 7.87. The Morgan fingerprint density at radius 2 is 2.00 bits per heavy atom. The van der Waals surface area contributed by atoms with E-state index in [0.29, 0.717) is 12.8 Å². The monoisotopic (exact) mass is 360 g/mol. The molecule has 26 heavy (non-hydrogen) atoms. The van der Waals surface area contributed by atoms with Crippen LogP contribution in [0.5, 0.6) is 11.5 Å². The van der Waals surface area contributed by atoms with Crippen LogP contribution < -0.4 is 20.9 Å². The molecule has 1 heterocycles. The maximum atomic E-state index is 12.7. The molecule has 2 aromatic rings. The molecule has 1 saturated heterocycles. The first kappa shape index (κ1) is 17.5. The van der Waals surface area contributed by atoms with Crippen molar-refractivity contribution in [1.82, 2.24) is 4.90 Å². The molecule has 3 rings (SSSR count). The van der Waals surface area contributed by atoms with Gasteiger partial charge in [-0.2, -0.15) is 0 Å². The number of phenols is 1. The van der Waals surface area contributed by atoms with E-state index < -0.39 is 34.5 Å². The number of anilines is 2. The van der Waals surface area contributed by atoms with Crippen molar-refractivity contribution < 1.29 is 24.5 Å². The van der Waals surface area contributed by atoms with Gasteiger partial charge in [-0.1, -0.05) is 6.07 Å². The number of carbonyl (C=O) groups excluding carboxylic acids is 1. The summed E-state index contributed by atoms with van der Waals surface area (Å²) in [6.07, 6.45) is 0.905. The van der Waals surface area contributed by atoms with Crippen LogP contribution >= 0.6 is 0 Å². The van der Waals surface area contributed by atoms with E-state index in [1.165, 1.54) is 30.2 Å². The van der Waals surface area contributed by atoms with Crippen LogP contribution in [0.15, 0.2) is 27.8 Å². The Bertz CT molecular complexity index is 959. The van der Waals surface area contributed by atoms with Gasteiger partial charge in [0.25, 0.3) is 16.8 Å². The third kappa shape index (κ3) is 2.67. The van der Waals surface area contributed by atoms with E-state index in [0.717, 1.165) is 0 Å². The fraction of sp³-hybridized carbons (Fsp3) is 0.294. The van der Waals surface area contributed by atoms with Crippen molar-refractivity contribution in [2.75, 3.05) is 19.0 Å². The summed E-state index contributed by atoms with van der Waals surface area (Å²) in [6.45, 7) is 0.277. The molecule has 2 aromatic carbocycles. The van der Waals surface area contributed by atoms with Gasteiger partial charge in [-0.25, -0.2) is 4.79 Å². The number of hydrogen-bond donors (Lipinski definition) is 3. The lowest BCUT2D eigenvalue weighted by molar-refractivity contribution is -0.141. The first-order chi connectivity index (χ1) is 12.4. The lowest BCUT2D eigenvalue weighted by Crippen LogP contribution is -2.40. The van der Waals surface area contributed by atoms with Gasteiger partial charge in [-0.3, -0.25) is 14.4 Å². The Morgan fingerprint density at radius 3 is 2.65 bits per heavy atom. The molecule has 1 aliphatic heterocycles. The fourth-order valence-corrected chi connectivity index (χ4v) is 3.05. The van der Waals surface area contributed by atoms with Gasteiger partial charge < -0.3 is 25.2 Å². The fourth-order valence-electron chi connectivity index (χ4n) is 3.05. The molecule has 0 saturated carbocycles. The zero-order valence-electron chi connectivity index (χ0n) is 13.8. The van der Waals surface area contributed by atoms with E-state index in [1.54, 1.807) is 0 Å². The number of aromatic hydroxyl groups is 1. The predicted molar refractivity (Wildman–Crippen MR) is 91.0 cm³/mol. The number of hydrogen-bond acceptors (Lipinski definition) is 7. The van der Waals surface area contributed by atoms with E-state index >= 15 is 0 Å². The minimum atomic E-state index is -1.10. The average Bonchev–Trinajstić information content (AvgIpc) is 3.12. The van der Waals surface area contributed by atoms with E-state index in [-0.39, 0.29) is 29.2 Å². The van der Waals surface area contributed by atoms with Crippen LogP contribution in [0, 0.1) is 0 Å². The summed E-state index contributed by atoms with van der Waals surface area (Å²) in [7, 11) is 1.24. The number of nitrogens with one attached hydrogen (secondary N) is 1. The second-order valence-electron chi connectivity index (χ2n) is 5.89. The third-order valence-electron chi connectivity index (χ3n) is 4.40. The van der Waals surface area contributed by atoms with Crippen LogP contribution in [0.4, 0.5) is 11.4 Å². The predicted octanol–water partition coefficient (Wildman–Crippen LogP) is 0.430. The Morgan fingerprint density at radius 1 is 1.27 bits per heavy atom. The molecule has 1 unspecified atom stereocenters. The number of carbonyl (C=O) groups is 2. The number of aliphatic carboxylic acids is 1. The van der Waals surface area contributed by atoms with E-state index in [9.17, 15) is 29.4 Å². The number of rotatable bonds is 5. The van der Waals surface area contributed by atoms with Gasteiger partial charge in [0.15, 0.2) is 11.5 Å². The summed E-state index contributed by atoms with van der Waals surface area (Å²) in [4.78, 5) is 48.1. The van der Waals surface area contributed by atoms with Crippen molar-refractivity contribution >= 4 is 23.3 Å². The molecular weight excluding hydrogens is 344 g/mol. The number of nitrogens with zero attached hydrogens (tertiary/aromatic N) is 1. The molecule has 1 fully saturated rings. The standard InChI is InChI=1S/C17H16N2O7/c1-26-15-11(13(21)14(15)22)18-9-5-2-4-8(12(9)20)16(23)19-7-3-6-10(19)17(24)25/h2,4-5,10,18,20H,3,6-7H2,1H3,(H,24,25). The molecule has 136 valence electrons. The van der Waals surface area contributed by atoms with Crippen LogP contribution in [0.25, 0.3) is 0 Å². The highest BCUT2D eigenvalue weighted by Crippen LogP contribution is 2.33.